The lowest BCUT2D eigenvalue weighted by atomic mass is 9.95. The number of thiazole rings is 1. The molecule has 2 rings (SSSR count). The summed E-state index contributed by atoms with van der Waals surface area (Å²) in [7, 11) is 0. The number of nitrogens with two attached hydrogens (primary N) is 1. The Morgan fingerprint density at radius 3 is 2.42 bits per heavy atom. The lowest BCUT2D eigenvalue weighted by Crippen LogP contribution is -2.08. The zero-order valence-electron chi connectivity index (χ0n) is 11.5. The van der Waals surface area contributed by atoms with Crippen LogP contribution in [-0.4, -0.2) is 10.8 Å². The third-order valence-corrected chi connectivity index (χ3v) is 4.06. The number of aryl methyl sites for hydroxylation is 3. The lowest BCUT2D eigenvalue weighted by molar-refractivity contribution is 0.0988. The first kappa shape index (κ1) is 13.9. The Balaban J connectivity index is 2.24. The maximum atomic E-state index is 12.2. The van der Waals surface area contributed by atoms with Crippen molar-refractivity contribution in [1.82, 2.24) is 4.98 Å². The minimum absolute atomic E-state index is 0.0611. The van der Waals surface area contributed by atoms with Crippen LogP contribution in [0.3, 0.4) is 0 Å². The average Bonchev–Trinajstić information content (AvgIpc) is 2.82. The van der Waals surface area contributed by atoms with Gasteiger partial charge in [-0.1, -0.05) is 17.7 Å². The topological polar surface area (TPSA) is 56.0 Å². The number of aromatic nitrogens is 1. The molecule has 2 aromatic rings. The number of nitrogens with zero attached hydrogens (tertiary/aromatic N) is 1. The van der Waals surface area contributed by atoms with Crippen LogP contribution in [0.5, 0.6) is 0 Å². The quantitative estimate of drug-likeness (QED) is 0.872. The monoisotopic (exact) mass is 274 g/mol. The second-order valence-corrected chi connectivity index (χ2v) is 5.75. The Kier molecular flexibility index (Phi) is 4.12. The molecule has 0 radical (unpaired) electrons. The van der Waals surface area contributed by atoms with E-state index >= 15 is 0 Å². The van der Waals surface area contributed by atoms with Crippen LogP contribution in [0.2, 0.25) is 0 Å². The van der Waals surface area contributed by atoms with Gasteiger partial charge in [-0.25, -0.2) is 4.98 Å². The van der Waals surface area contributed by atoms with Crippen LogP contribution < -0.4 is 5.73 Å². The van der Waals surface area contributed by atoms with Crippen LogP contribution in [-0.2, 0) is 13.0 Å². The minimum Gasteiger partial charge on any atom is -0.325 e. The molecule has 100 valence electrons. The van der Waals surface area contributed by atoms with Crippen molar-refractivity contribution in [2.24, 2.45) is 5.73 Å². The summed E-state index contributed by atoms with van der Waals surface area (Å²) in [6.07, 6.45) is 0.408. The summed E-state index contributed by atoms with van der Waals surface area (Å²) in [5.74, 6) is 0.0611. The van der Waals surface area contributed by atoms with Crippen molar-refractivity contribution >= 4 is 17.1 Å². The Morgan fingerprint density at radius 2 is 1.89 bits per heavy atom. The first-order valence-electron chi connectivity index (χ1n) is 6.25. The number of carbonyl (C=O) groups is 1. The largest absolute Gasteiger partial charge is 0.325 e. The predicted molar refractivity (Wildman–Crippen MR) is 78.7 cm³/mol. The second-order valence-electron chi connectivity index (χ2n) is 4.81. The summed E-state index contributed by atoms with van der Waals surface area (Å²) in [6, 6.07) is 4.23. The van der Waals surface area contributed by atoms with Crippen molar-refractivity contribution < 1.29 is 4.79 Å². The Bertz CT molecular complexity index is 593. The van der Waals surface area contributed by atoms with Crippen LogP contribution in [0, 0.1) is 20.8 Å². The summed E-state index contributed by atoms with van der Waals surface area (Å²) in [5, 5.41) is 2.60. The van der Waals surface area contributed by atoms with Crippen molar-refractivity contribution in [2.75, 3.05) is 0 Å². The first-order valence-corrected chi connectivity index (χ1v) is 7.13. The summed E-state index contributed by atoms with van der Waals surface area (Å²) in [6.45, 7) is 6.56. The van der Waals surface area contributed by atoms with Gasteiger partial charge in [0.2, 0.25) is 0 Å². The van der Waals surface area contributed by atoms with Gasteiger partial charge in [-0.3, -0.25) is 4.79 Å². The van der Waals surface area contributed by atoms with Gasteiger partial charge in [0, 0.05) is 18.3 Å². The zero-order chi connectivity index (χ0) is 14.0. The number of carbonyl (C=O) groups excluding carboxylic acids is 1. The van der Waals surface area contributed by atoms with E-state index in [2.05, 4.69) is 37.9 Å². The van der Waals surface area contributed by atoms with E-state index in [-0.39, 0.29) is 5.78 Å². The van der Waals surface area contributed by atoms with Gasteiger partial charge in [-0.15, -0.1) is 11.3 Å². The molecule has 0 fully saturated rings. The van der Waals surface area contributed by atoms with E-state index < -0.39 is 0 Å². The molecule has 0 aliphatic heterocycles. The van der Waals surface area contributed by atoms with Gasteiger partial charge in [0.1, 0.15) is 10.7 Å². The van der Waals surface area contributed by atoms with Gasteiger partial charge >= 0.3 is 0 Å². The number of benzene rings is 1. The molecule has 1 aromatic heterocycles. The summed E-state index contributed by atoms with van der Waals surface area (Å²) in [4.78, 5) is 16.5. The molecule has 0 saturated heterocycles. The van der Waals surface area contributed by atoms with Crippen LogP contribution in [0.15, 0.2) is 17.5 Å². The third-order valence-electron chi connectivity index (χ3n) is 3.19. The molecule has 0 bridgehead atoms. The molecule has 0 saturated carbocycles. The molecule has 1 aromatic carbocycles. The molecule has 0 aliphatic carbocycles. The normalized spacial score (nSPS) is 10.7. The van der Waals surface area contributed by atoms with Gasteiger partial charge in [-0.2, -0.15) is 0 Å². The van der Waals surface area contributed by atoms with Gasteiger partial charge in [0.25, 0.3) is 0 Å². The van der Waals surface area contributed by atoms with E-state index in [1.165, 1.54) is 28.0 Å². The number of hydrogen-bond acceptors (Lipinski definition) is 4. The lowest BCUT2D eigenvalue weighted by Gasteiger charge is -2.10. The van der Waals surface area contributed by atoms with Crippen LogP contribution in [0.4, 0.5) is 0 Å². The minimum atomic E-state index is 0.0611. The SMILES string of the molecule is Cc1cc(C)c(CC(=O)c2csc(CN)n2)c(C)c1. The highest BCUT2D eigenvalue weighted by Crippen LogP contribution is 2.19. The average molecular weight is 274 g/mol. The van der Waals surface area contributed by atoms with Gasteiger partial charge in [-0.05, 0) is 37.5 Å². The Morgan fingerprint density at radius 1 is 1.26 bits per heavy atom. The molecule has 0 aliphatic rings. The molecule has 4 heteroatoms. The standard InChI is InChI=1S/C15H18N2OS/c1-9-4-10(2)12(11(3)5-9)6-14(18)13-8-19-15(7-16)17-13/h4-5,8H,6-7,16H2,1-3H3. The van der Waals surface area contributed by atoms with E-state index in [1.54, 1.807) is 5.38 Å². The van der Waals surface area contributed by atoms with Gasteiger partial charge in [0.05, 0.1) is 0 Å². The van der Waals surface area contributed by atoms with E-state index in [0.717, 1.165) is 10.6 Å². The highest BCUT2D eigenvalue weighted by atomic mass is 32.1. The molecule has 0 unspecified atom stereocenters. The fourth-order valence-corrected chi connectivity index (χ4v) is 2.95. The molecular formula is C15H18N2OS. The van der Waals surface area contributed by atoms with E-state index in [1.807, 2.05) is 0 Å². The second kappa shape index (κ2) is 5.63. The summed E-state index contributed by atoms with van der Waals surface area (Å²) in [5.41, 5.74) is 10.7. The van der Waals surface area contributed by atoms with Crippen LogP contribution >= 0.6 is 11.3 Å². The Labute approximate surface area is 117 Å². The molecule has 0 spiro atoms. The van der Waals surface area contributed by atoms with E-state index in [0.29, 0.717) is 18.7 Å². The highest BCUT2D eigenvalue weighted by molar-refractivity contribution is 7.09. The fourth-order valence-electron chi connectivity index (χ4n) is 2.27. The summed E-state index contributed by atoms with van der Waals surface area (Å²) >= 11 is 1.44. The molecular weight excluding hydrogens is 256 g/mol. The van der Waals surface area contributed by atoms with Crippen molar-refractivity contribution in [3.8, 4) is 0 Å². The smallest absolute Gasteiger partial charge is 0.186 e. The van der Waals surface area contributed by atoms with Gasteiger partial charge in [0.15, 0.2) is 5.78 Å². The van der Waals surface area contributed by atoms with Crippen molar-refractivity contribution in [2.45, 2.75) is 33.7 Å². The van der Waals surface area contributed by atoms with Crippen molar-refractivity contribution in [1.29, 1.82) is 0 Å². The maximum Gasteiger partial charge on any atom is 0.186 e. The van der Waals surface area contributed by atoms with Crippen molar-refractivity contribution in [3.05, 3.63) is 50.5 Å². The molecule has 1 heterocycles. The zero-order valence-corrected chi connectivity index (χ0v) is 12.3. The fraction of sp³-hybridized carbons (Fsp3) is 0.333. The molecule has 19 heavy (non-hydrogen) atoms. The molecule has 0 atom stereocenters. The van der Waals surface area contributed by atoms with Crippen LogP contribution in [0.25, 0.3) is 0 Å². The number of ketones is 1. The number of hydrogen-bond donors (Lipinski definition) is 1. The Hall–Kier alpha value is -1.52. The summed E-state index contributed by atoms with van der Waals surface area (Å²) < 4.78 is 0. The number of rotatable bonds is 4. The van der Waals surface area contributed by atoms with Gasteiger partial charge < -0.3 is 5.73 Å². The molecule has 0 amide bonds. The van der Waals surface area contributed by atoms with E-state index in [4.69, 9.17) is 5.73 Å². The molecule has 2 N–H and O–H groups in total. The maximum absolute atomic E-state index is 12.2. The first-order chi connectivity index (χ1) is 9.01. The highest BCUT2D eigenvalue weighted by Gasteiger charge is 2.14. The number of Topliss-reactive ketones (excluding diaryl/α,β-unsaturated/α-hetero) is 1. The predicted octanol–water partition coefficient (Wildman–Crippen LogP) is 2.95. The molecule has 3 nitrogen and oxygen atoms in total. The van der Waals surface area contributed by atoms with E-state index in [9.17, 15) is 4.79 Å². The third kappa shape index (κ3) is 3.08. The van der Waals surface area contributed by atoms with Crippen LogP contribution in [0.1, 0.15) is 37.7 Å². The van der Waals surface area contributed by atoms with Crippen molar-refractivity contribution in [3.63, 3.8) is 0 Å².